The van der Waals surface area contributed by atoms with Gasteiger partial charge in [-0.1, -0.05) is 6.42 Å². The van der Waals surface area contributed by atoms with Gasteiger partial charge < -0.3 is 20.2 Å². The molecule has 0 unspecified atom stereocenters. The molecular formula is C21H30N4O3. The normalized spacial score (nSPS) is 27.6. The summed E-state index contributed by atoms with van der Waals surface area (Å²) in [5, 5.41) is 11.6. The number of carbonyl (C=O) groups is 2. The van der Waals surface area contributed by atoms with Crippen LogP contribution in [-0.2, 0) is 0 Å². The Labute approximate surface area is 166 Å². The fourth-order valence-corrected chi connectivity index (χ4v) is 5.13. The fraction of sp³-hybridized carbons (Fsp3) is 0.667. The standard InChI is InChI=1S/C21H30N4O3/c26-19(8-11-24-9-2-1-3-10-24)15-4-7-20(22-14-15)25-17-5-6-18(25)13-16(12-17)23-21(27)28/h4,7,14,16-18,23H,1-3,5-6,8-13H2,(H,27,28)/t16-,17+,18-. The maximum absolute atomic E-state index is 12.5. The first kappa shape index (κ1) is 19.2. The van der Waals surface area contributed by atoms with Crippen molar-refractivity contribution < 1.29 is 14.7 Å². The van der Waals surface area contributed by atoms with Crippen LogP contribution in [-0.4, -0.2) is 64.6 Å². The van der Waals surface area contributed by atoms with E-state index >= 15 is 0 Å². The van der Waals surface area contributed by atoms with E-state index in [1.165, 1.54) is 19.3 Å². The number of ketones is 1. The lowest BCUT2D eigenvalue weighted by Crippen LogP contribution is -2.50. The van der Waals surface area contributed by atoms with Crippen LogP contribution >= 0.6 is 0 Å². The van der Waals surface area contributed by atoms with E-state index in [1.54, 1.807) is 6.20 Å². The highest BCUT2D eigenvalue weighted by molar-refractivity contribution is 5.96. The second-order valence-corrected chi connectivity index (χ2v) is 8.39. The number of nitrogens with one attached hydrogen (secondary N) is 1. The second kappa shape index (κ2) is 8.47. The second-order valence-electron chi connectivity index (χ2n) is 8.39. The van der Waals surface area contributed by atoms with Crippen LogP contribution in [0.4, 0.5) is 10.6 Å². The first-order valence-electron chi connectivity index (χ1n) is 10.6. The van der Waals surface area contributed by atoms with Crippen LogP contribution < -0.4 is 10.2 Å². The van der Waals surface area contributed by atoms with E-state index in [0.717, 1.165) is 51.1 Å². The molecule has 2 N–H and O–H groups in total. The average molecular weight is 386 g/mol. The molecule has 7 nitrogen and oxygen atoms in total. The zero-order chi connectivity index (χ0) is 19.5. The summed E-state index contributed by atoms with van der Waals surface area (Å²) in [6, 6.07) is 4.54. The zero-order valence-electron chi connectivity index (χ0n) is 16.3. The SMILES string of the molecule is O=C(O)N[C@H]1C[C@H]2CC[C@@H](C1)N2c1ccc(C(=O)CCN2CCCCC2)cn1. The number of Topliss-reactive ketones (excluding diaryl/α,β-unsaturated/α-hetero) is 1. The molecule has 1 amide bonds. The van der Waals surface area contributed by atoms with Gasteiger partial charge in [-0.3, -0.25) is 4.79 Å². The molecule has 4 heterocycles. The number of likely N-dealkylation sites (tertiary alicyclic amines) is 1. The van der Waals surface area contributed by atoms with Crippen LogP contribution in [0.25, 0.3) is 0 Å². The van der Waals surface area contributed by atoms with E-state index < -0.39 is 6.09 Å². The van der Waals surface area contributed by atoms with Crippen molar-refractivity contribution in [2.24, 2.45) is 0 Å². The molecule has 0 radical (unpaired) electrons. The molecule has 1 aromatic rings. The number of rotatable bonds is 6. The summed E-state index contributed by atoms with van der Waals surface area (Å²) >= 11 is 0. The third-order valence-electron chi connectivity index (χ3n) is 6.50. The summed E-state index contributed by atoms with van der Waals surface area (Å²) < 4.78 is 0. The van der Waals surface area contributed by atoms with Gasteiger partial charge in [0, 0.05) is 42.9 Å². The first-order chi connectivity index (χ1) is 13.6. The van der Waals surface area contributed by atoms with E-state index in [9.17, 15) is 9.59 Å². The van der Waals surface area contributed by atoms with Gasteiger partial charge in [0.25, 0.3) is 0 Å². The maximum atomic E-state index is 12.5. The Hall–Kier alpha value is -2.15. The molecular weight excluding hydrogens is 356 g/mol. The zero-order valence-corrected chi connectivity index (χ0v) is 16.3. The van der Waals surface area contributed by atoms with Crippen molar-refractivity contribution in [3.05, 3.63) is 23.9 Å². The van der Waals surface area contributed by atoms with Gasteiger partial charge in [0.1, 0.15) is 5.82 Å². The van der Waals surface area contributed by atoms with E-state index in [-0.39, 0.29) is 11.8 Å². The van der Waals surface area contributed by atoms with E-state index in [4.69, 9.17) is 5.11 Å². The lowest BCUT2D eigenvalue weighted by molar-refractivity contribution is 0.0958. The third kappa shape index (κ3) is 4.29. The molecule has 2 bridgehead atoms. The van der Waals surface area contributed by atoms with Crippen molar-refractivity contribution in [2.75, 3.05) is 24.5 Å². The van der Waals surface area contributed by atoms with Gasteiger partial charge >= 0.3 is 6.09 Å². The predicted octanol–water partition coefficient (Wildman–Crippen LogP) is 2.91. The van der Waals surface area contributed by atoms with E-state index in [2.05, 4.69) is 20.1 Å². The van der Waals surface area contributed by atoms with Crippen molar-refractivity contribution >= 4 is 17.7 Å². The summed E-state index contributed by atoms with van der Waals surface area (Å²) in [6.45, 7) is 3.06. The number of carbonyl (C=O) groups excluding carboxylic acids is 1. The summed E-state index contributed by atoms with van der Waals surface area (Å²) in [5.41, 5.74) is 0.690. The number of hydrogen-bond donors (Lipinski definition) is 2. The smallest absolute Gasteiger partial charge is 0.404 e. The van der Waals surface area contributed by atoms with Crippen LogP contribution in [0.5, 0.6) is 0 Å². The van der Waals surface area contributed by atoms with Crippen molar-refractivity contribution in [3.63, 3.8) is 0 Å². The number of anilines is 1. The molecule has 3 aliphatic rings. The van der Waals surface area contributed by atoms with Gasteiger partial charge in [-0.2, -0.15) is 0 Å². The molecule has 0 saturated carbocycles. The van der Waals surface area contributed by atoms with Gasteiger partial charge in [-0.05, 0) is 63.7 Å². The number of hydrogen-bond acceptors (Lipinski definition) is 5. The summed E-state index contributed by atoms with van der Waals surface area (Å²) in [5.74, 6) is 1.07. The highest BCUT2D eigenvalue weighted by atomic mass is 16.4. The summed E-state index contributed by atoms with van der Waals surface area (Å²) in [6.07, 6.45) is 8.90. The molecule has 152 valence electrons. The topological polar surface area (TPSA) is 85.8 Å². The summed E-state index contributed by atoms with van der Waals surface area (Å²) in [4.78, 5) is 32.8. The van der Waals surface area contributed by atoms with Gasteiger partial charge in [0.05, 0.1) is 0 Å². The number of carboxylic acid groups (broad SMARTS) is 1. The van der Waals surface area contributed by atoms with Crippen LogP contribution in [0.3, 0.4) is 0 Å². The van der Waals surface area contributed by atoms with Crippen LogP contribution in [0.15, 0.2) is 18.3 Å². The Morgan fingerprint density at radius 3 is 2.43 bits per heavy atom. The molecule has 28 heavy (non-hydrogen) atoms. The van der Waals surface area contributed by atoms with Crippen molar-refractivity contribution in [1.82, 2.24) is 15.2 Å². The molecule has 7 heteroatoms. The quantitative estimate of drug-likeness (QED) is 0.731. The molecule has 3 fully saturated rings. The highest BCUT2D eigenvalue weighted by Crippen LogP contribution is 2.38. The van der Waals surface area contributed by atoms with Crippen LogP contribution in [0, 0.1) is 0 Å². The minimum Gasteiger partial charge on any atom is -0.465 e. The number of aromatic nitrogens is 1. The fourth-order valence-electron chi connectivity index (χ4n) is 5.13. The van der Waals surface area contributed by atoms with E-state index in [0.29, 0.717) is 24.1 Å². The number of amides is 1. The minimum atomic E-state index is -0.941. The Bertz CT molecular complexity index is 688. The minimum absolute atomic E-state index is 0.0295. The van der Waals surface area contributed by atoms with Gasteiger partial charge in [0.15, 0.2) is 5.78 Å². The number of fused-ring (bicyclic) bond motifs is 2. The molecule has 1 aromatic heterocycles. The van der Waals surface area contributed by atoms with Gasteiger partial charge in [0.2, 0.25) is 0 Å². The number of piperidine rings is 2. The Kier molecular flexibility index (Phi) is 5.80. The average Bonchev–Trinajstić information content (AvgIpc) is 2.97. The van der Waals surface area contributed by atoms with Crippen molar-refractivity contribution in [1.29, 1.82) is 0 Å². The maximum Gasteiger partial charge on any atom is 0.404 e. The monoisotopic (exact) mass is 386 g/mol. The first-order valence-corrected chi connectivity index (χ1v) is 10.6. The number of pyridine rings is 1. The van der Waals surface area contributed by atoms with Crippen molar-refractivity contribution in [2.45, 2.75) is 69.5 Å². The molecule has 0 aromatic carbocycles. The van der Waals surface area contributed by atoms with Crippen LogP contribution in [0.2, 0.25) is 0 Å². The Morgan fingerprint density at radius 1 is 1.11 bits per heavy atom. The van der Waals surface area contributed by atoms with E-state index in [1.807, 2.05) is 12.1 Å². The Morgan fingerprint density at radius 2 is 1.82 bits per heavy atom. The van der Waals surface area contributed by atoms with Gasteiger partial charge in [-0.25, -0.2) is 9.78 Å². The lowest BCUT2D eigenvalue weighted by Gasteiger charge is -2.39. The largest absolute Gasteiger partial charge is 0.465 e. The molecule has 4 rings (SSSR count). The highest BCUT2D eigenvalue weighted by Gasteiger charge is 2.41. The predicted molar refractivity (Wildman–Crippen MR) is 107 cm³/mol. The molecule has 0 spiro atoms. The number of nitrogens with zero attached hydrogens (tertiary/aromatic N) is 3. The molecule has 3 atom stereocenters. The Balaban J connectivity index is 1.34. The van der Waals surface area contributed by atoms with Crippen LogP contribution in [0.1, 0.15) is 61.7 Å². The molecule has 3 aliphatic heterocycles. The van der Waals surface area contributed by atoms with Gasteiger partial charge in [-0.15, -0.1) is 0 Å². The molecule has 3 saturated heterocycles. The molecule has 0 aliphatic carbocycles. The van der Waals surface area contributed by atoms with Crippen molar-refractivity contribution in [3.8, 4) is 0 Å². The lowest BCUT2D eigenvalue weighted by atomic mass is 9.97. The third-order valence-corrected chi connectivity index (χ3v) is 6.50. The summed E-state index contributed by atoms with van der Waals surface area (Å²) in [7, 11) is 0.